The molecular weight excluding hydrogens is 462 g/mol. The Labute approximate surface area is 201 Å². The topological polar surface area (TPSA) is 217 Å². The Morgan fingerprint density at radius 1 is 1.17 bits per heavy atom. The maximum Gasteiger partial charge on any atom is 0.336 e. The molecule has 1 heterocycles. The standard InChI is InChI=1S/C16H23N5O.C6H8O7/c1-3-4-5-8-18-16(17)21-20-11-12-10-19-15-7-6-13(22-2)9-14(12)15;7-3(8)1-6(13,5(11)12)2-4(9)10/h6-7,9-11,19H,3-5,8H2,1-2H3,(H3,17,18,21);13H,1-2H2,(H,7,8)(H,9,10)(H,11,12)/b20-11+;. The van der Waals surface area contributed by atoms with Crippen molar-refractivity contribution in [3.63, 3.8) is 0 Å². The van der Waals surface area contributed by atoms with Crippen LogP contribution in [0.5, 0.6) is 5.75 Å². The van der Waals surface area contributed by atoms with Gasteiger partial charge in [0.05, 0.1) is 26.2 Å². The highest BCUT2D eigenvalue weighted by atomic mass is 16.5. The Morgan fingerprint density at radius 3 is 2.37 bits per heavy atom. The van der Waals surface area contributed by atoms with Gasteiger partial charge in [0, 0.05) is 29.2 Å². The van der Waals surface area contributed by atoms with Crippen molar-refractivity contribution in [3.8, 4) is 5.75 Å². The van der Waals surface area contributed by atoms with Crippen molar-refractivity contribution in [2.45, 2.75) is 44.6 Å². The highest BCUT2D eigenvalue weighted by Gasteiger charge is 2.40. The number of carbonyl (C=O) groups is 3. The number of aliphatic hydroxyl groups is 1. The van der Waals surface area contributed by atoms with Crippen molar-refractivity contribution < 1.29 is 39.5 Å². The number of carboxylic acids is 3. The summed E-state index contributed by atoms with van der Waals surface area (Å²) in [5, 5.41) is 49.6. The number of hydrogen-bond donors (Lipinski definition) is 8. The second kappa shape index (κ2) is 14.2. The molecule has 35 heavy (non-hydrogen) atoms. The van der Waals surface area contributed by atoms with Crippen LogP contribution in [0.2, 0.25) is 0 Å². The van der Waals surface area contributed by atoms with E-state index >= 15 is 0 Å². The number of aromatic amines is 1. The minimum atomic E-state index is -2.74. The molecule has 1 aromatic heterocycles. The van der Waals surface area contributed by atoms with Crippen LogP contribution >= 0.6 is 0 Å². The van der Waals surface area contributed by atoms with E-state index in [0.29, 0.717) is 0 Å². The molecule has 1 aromatic carbocycles. The lowest BCUT2D eigenvalue weighted by Crippen LogP contribution is -2.42. The quantitative estimate of drug-likeness (QED) is 0.0923. The second-order valence-electron chi connectivity index (χ2n) is 7.51. The predicted octanol–water partition coefficient (Wildman–Crippen LogP) is 1.57. The first-order chi connectivity index (χ1) is 16.5. The minimum absolute atomic E-state index is 0.213. The van der Waals surface area contributed by atoms with Crippen LogP contribution in [0, 0.1) is 5.41 Å². The lowest BCUT2D eigenvalue weighted by Gasteiger charge is -2.18. The summed E-state index contributed by atoms with van der Waals surface area (Å²) in [7, 11) is 1.65. The van der Waals surface area contributed by atoms with Crippen molar-refractivity contribution in [1.82, 2.24) is 15.7 Å². The van der Waals surface area contributed by atoms with E-state index in [9.17, 15) is 14.4 Å². The molecule has 0 bridgehead atoms. The summed E-state index contributed by atoms with van der Waals surface area (Å²) >= 11 is 0. The van der Waals surface area contributed by atoms with Crippen LogP contribution in [0.1, 0.15) is 44.6 Å². The van der Waals surface area contributed by atoms with E-state index in [1.54, 1.807) is 13.3 Å². The first-order valence-corrected chi connectivity index (χ1v) is 10.7. The van der Waals surface area contributed by atoms with Crippen LogP contribution in [0.3, 0.4) is 0 Å². The van der Waals surface area contributed by atoms with Gasteiger partial charge < -0.3 is 35.5 Å². The largest absolute Gasteiger partial charge is 0.497 e. The molecule has 0 amide bonds. The summed E-state index contributed by atoms with van der Waals surface area (Å²) in [5.41, 5.74) is 1.92. The van der Waals surface area contributed by atoms with Crippen LogP contribution in [0.25, 0.3) is 10.9 Å². The number of unbranched alkanes of at least 4 members (excludes halogenated alkanes) is 2. The summed E-state index contributed by atoms with van der Waals surface area (Å²) < 4.78 is 5.24. The van der Waals surface area contributed by atoms with Gasteiger partial charge in [-0.05, 0) is 24.6 Å². The van der Waals surface area contributed by atoms with Gasteiger partial charge >= 0.3 is 17.9 Å². The first kappa shape index (κ1) is 28.9. The number of rotatable bonds is 12. The molecule has 0 spiro atoms. The fourth-order valence-electron chi connectivity index (χ4n) is 2.86. The Morgan fingerprint density at radius 2 is 1.83 bits per heavy atom. The minimum Gasteiger partial charge on any atom is -0.497 e. The van der Waals surface area contributed by atoms with Crippen LogP contribution in [-0.2, 0) is 14.4 Å². The molecular formula is C22H31N5O8. The number of benzene rings is 1. The van der Waals surface area contributed by atoms with Crippen LogP contribution in [0.15, 0.2) is 29.5 Å². The molecule has 0 unspecified atom stereocenters. The van der Waals surface area contributed by atoms with E-state index in [1.807, 2.05) is 24.4 Å². The average Bonchev–Trinajstić information content (AvgIpc) is 3.18. The molecule has 0 aliphatic heterocycles. The number of methoxy groups -OCH3 is 1. The fraction of sp³-hybridized carbons (Fsp3) is 0.409. The third kappa shape index (κ3) is 10.1. The summed E-state index contributed by atoms with van der Waals surface area (Å²) in [4.78, 5) is 33.7. The summed E-state index contributed by atoms with van der Waals surface area (Å²) in [6.07, 6.45) is 4.69. The van der Waals surface area contributed by atoms with Gasteiger partial charge in [0.25, 0.3) is 0 Å². The Bertz CT molecular complexity index is 1030. The van der Waals surface area contributed by atoms with Gasteiger partial charge in [-0.25, -0.2) is 10.2 Å². The number of ether oxygens (including phenoxy) is 1. The maximum atomic E-state index is 10.3. The number of nitrogens with one attached hydrogen (secondary N) is 4. The maximum absolute atomic E-state index is 10.3. The molecule has 0 aliphatic rings. The lowest BCUT2D eigenvalue weighted by molar-refractivity contribution is -0.170. The van der Waals surface area contributed by atoms with Crippen molar-refractivity contribution in [2.75, 3.05) is 13.7 Å². The normalized spacial score (nSPS) is 10.9. The molecule has 0 fully saturated rings. The van der Waals surface area contributed by atoms with Gasteiger partial charge in [0.2, 0.25) is 5.96 Å². The third-order valence-electron chi connectivity index (χ3n) is 4.67. The van der Waals surface area contributed by atoms with E-state index in [4.69, 9.17) is 30.6 Å². The van der Waals surface area contributed by atoms with E-state index < -0.39 is 36.4 Å². The van der Waals surface area contributed by atoms with E-state index in [-0.39, 0.29) is 5.96 Å². The number of aromatic nitrogens is 1. The highest BCUT2D eigenvalue weighted by molar-refractivity contribution is 5.99. The van der Waals surface area contributed by atoms with E-state index in [2.05, 4.69) is 27.8 Å². The molecule has 13 heteroatoms. The number of fused-ring (bicyclic) bond motifs is 1. The van der Waals surface area contributed by atoms with Gasteiger partial charge in [-0.3, -0.25) is 15.0 Å². The monoisotopic (exact) mass is 493 g/mol. The number of nitrogens with zero attached hydrogens (tertiary/aromatic N) is 1. The number of guanidine groups is 1. The van der Waals surface area contributed by atoms with Crippen molar-refractivity contribution in [2.24, 2.45) is 5.10 Å². The first-order valence-electron chi connectivity index (χ1n) is 10.7. The number of aliphatic carboxylic acids is 3. The molecule has 0 saturated carbocycles. The summed E-state index contributed by atoms with van der Waals surface area (Å²) in [6.45, 7) is 2.95. The number of hydrazone groups is 1. The molecule has 2 aromatic rings. The molecule has 192 valence electrons. The molecule has 0 atom stereocenters. The highest BCUT2D eigenvalue weighted by Crippen LogP contribution is 2.22. The van der Waals surface area contributed by atoms with Gasteiger partial charge in [-0.2, -0.15) is 5.10 Å². The lowest BCUT2D eigenvalue weighted by atomic mass is 9.96. The van der Waals surface area contributed by atoms with Gasteiger partial charge in [0.1, 0.15) is 5.75 Å². The smallest absolute Gasteiger partial charge is 0.336 e. The molecule has 0 radical (unpaired) electrons. The molecule has 2 rings (SSSR count). The van der Waals surface area contributed by atoms with Crippen molar-refractivity contribution in [3.05, 3.63) is 30.0 Å². The van der Waals surface area contributed by atoms with E-state index in [0.717, 1.165) is 35.2 Å². The molecule has 0 saturated heterocycles. The third-order valence-corrected chi connectivity index (χ3v) is 4.67. The van der Waals surface area contributed by atoms with E-state index in [1.165, 1.54) is 12.8 Å². The predicted molar refractivity (Wildman–Crippen MR) is 128 cm³/mol. The zero-order valence-electron chi connectivity index (χ0n) is 19.5. The Kier molecular flexibility index (Phi) is 11.7. The summed E-state index contributed by atoms with van der Waals surface area (Å²) in [5.74, 6) is -4.00. The number of H-pyrrole nitrogens is 1. The number of carboxylic acid groups (broad SMARTS) is 3. The fourth-order valence-corrected chi connectivity index (χ4v) is 2.86. The Balaban J connectivity index is 0.000000405. The van der Waals surface area contributed by atoms with Gasteiger partial charge in [0.15, 0.2) is 5.60 Å². The van der Waals surface area contributed by atoms with Crippen LogP contribution < -0.4 is 15.5 Å². The zero-order chi connectivity index (χ0) is 26.4. The molecule has 0 aliphatic carbocycles. The van der Waals surface area contributed by atoms with Crippen LogP contribution in [-0.4, -0.2) is 74.7 Å². The Hall–Kier alpha value is -4.13. The molecule has 8 N–H and O–H groups in total. The van der Waals surface area contributed by atoms with Crippen molar-refractivity contribution in [1.29, 1.82) is 5.41 Å². The van der Waals surface area contributed by atoms with Gasteiger partial charge in [-0.1, -0.05) is 19.8 Å². The number of hydrogen-bond acceptors (Lipinski definition) is 7. The zero-order valence-corrected chi connectivity index (χ0v) is 19.5. The SMILES string of the molecule is CCCCCNC(=N)N/N=C/c1c[nH]c2ccc(OC)cc12.O=C(O)CC(O)(CC(=O)O)C(=O)O. The van der Waals surface area contributed by atoms with Gasteiger partial charge in [-0.15, -0.1) is 0 Å². The summed E-state index contributed by atoms with van der Waals surface area (Å²) in [6, 6.07) is 5.84. The van der Waals surface area contributed by atoms with Crippen LogP contribution in [0.4, 0.5) is 0 Å². The average molecular weight is 494 g/mol. The second-order valence-corrected chi connectivity index (χ2v) is 7.51. The van der Waals surface area contributed by atoms with Crippen molar-refractivity contribution >= 4 is 41.0 Å². The molecule has 13 nitrogen and oxygen atoms in total.